The number of hydrogen-bond acceptors (Lipinski definition) is 6. The molecule has 2 aromatic carbocycles. The minimum Gasteiger partial charge on any atom is -0.502 e. The Hall–Kier alpha value is -2.98. The van der Waals surface area contributed by atoms with Gasteiger partial charge in [-0.15, -0.1) is 11.8 Å². The van der Waals surface area contributed by atoms with Gasteiger partial charge in [-0.05, 0) is 48.9 Å². The smallest absolute Gasteiger partial charge is 0.278 e. The average molecular weight is 554 g/mol. The number of hydrogen-bond donors (Lipinski definition) is 1. The summed E-state index contributed by atoms with van der Waals surface area (Å²) in [6.07, 6.45) is 5.05. The van der Waals surface area contributed by atoms with Gasteiger partial charge in [0.05, 0.1) is 6.04 Å². The number of pyridine rings is 1. The quantitative estimate of drug-likeness (QED) is 0.492. The second kappa shape index (κ2) is 9.05. The molecule has 196 valence electrons. The van der Waals surface area contributed by atoms with Crippen molar-refractivity contribution >= 4 is 29.4 Å². The van der Waals surface area contributed by atoms with E-state index in [1.54, 1.807) is 15.6 Å². The molecule has 4 heterocycles. The molecule has 38 heavy (non-hydrogen) atoms. The van der Waals surface area contributed by atoms with Gasteiger partial charge in [-0.25, -0.2) is 8.78 Å². The highest BCUT2D eigenvalue weighted by molar-refractivity contribution is 8.00. The highest BCUT2D eigenvalue weighted by Crippen LogP contribution is 2.47. The zero-order valence-electron chi connectivity index (χ0n) is 20.3. The van der Waals surface area contributed by atoms with Crippen molar-refractivity contribution in [2.24, 2.45) is 0 Å². The van der Waals surface area contributed by atoms with E-state index in [9.17, 15) is 19.1 Å². The molecule has 1 amide bonds. The number of benzene rings is 2. The molecule has 3 aliphatic heterocycles. The van der Waals surface area contributed by atoms with Gasteiger partial charge >= 0.3 is 0 Å². The van der Waals surface area contributed by atoms with E-state index < -0.39 is 40.9 Å². The maximum atomic E-state index is 15.3. The Labute approximate surface area is 226 Å². The summed E-state index contributed by atoms with van der Waals surface area (Å²) in [5.41, 5.74) is 1.06. The molecule has 7 rings (SSSR count). The van der Waals surface area contributed by atoms with Crippen LogP contribution in [0.1, 0.15) is 58.9 Å². The lowest BCUT2D eigenvalue weighted by Crippen LogP contribution is -2.65. The lowest BCUT2D eigenvalue weighted by molar-refractivity contribution is 0.0470. The SMILES string of the molecule is O=C1c2c(O)c(=O)ccn2N([C@@H]2c3ccccc3SCc3c2ccc(F)c3F)[C@@H]2CC(SC3CC3)CCN12. The molecule has 1 saturated carbocycles. The number of piperidine rings is 1. The van der Waals surface area contributed by atoms with E-state index in [0.29, 0.717) is 29.0 Å². The van der Waals surface area contributed by atoms with Crippen molar-refractivity contribution in [2.45, 2.75) is 59.0 Å². The van der Waals surface area contributed by atoms with Gasteiger partial charge in [0.15, 0.2) is 23.1 Å². The van der Waals surface area contributed by atoms with Crippen molar-refractivity contribution in [3.63, 3.8) is 0 Å². The first-order valence-corrected chi connectivity index (χ1v) is 14.7. The van der Waals surface area contributed by atoms with E-state index in [1.807, 2.05) is 41.0 Å². The fourth-order valence-corrected chi connectivity index (χ4v) is 8.53. The molecule has 1 unspecified atom stereocenters. The fraction of sp³-hybridized carbons (Fsp3) is 0.357. The molecule has 1 aliphatic carbocycles. The van der Waals surface area contributed by atoms with Gasteiger partial charge < -0.3 is 10.0 Å². The van der Waals surface area contributed by atoms with Crippen LogP contribution in [0.3, 0.4) is 0 Å². The van der Waals surface area contributed by atoms with Gasteiger partial charge in [0.2, 0.25) is 5.43 Å². The molecule has 0 radical (unpaired) electrons. The zero-order chi connectivity index (χ0) is 26.1. The molecular weight excluding hydrogens is 528 g/mol. The summed E-state index contributed by atoms with van der Waals surface area (Å²) in [4.78, 5) is 28.8. The van der Waals surface area contributed by atoms with E-state index in [2.05, 4.69) is 0 Å². The number of amides is 1. The minimum atomic E-state index is -0.898. The van der Waals surface area contributed by atoms with Gasteiger partial charge in [0, 0.05) is 45.5 Å². The third-order valence-corrected chi connectivity index (χ3v) is 10.7. The number of nitrogens with zero attached hydrogens (tertiary/aromatic N) is 3. The molecule has 10 heteroatoms. The van der Waals surface area contributed by atoms with E-state index >= 15 is 4.39 Å². The van der Waals surface area contributed by atoms with Crippen molar-refractivity contribution in [3.8, 4) is 5.75 Å². The Balaban J connectivity index is 1.47. The lowest BCUT2D eigenvalue weighted by Gasteiger charge is -2.53. The van der Waals surface area contributed by atoms with Crippen molar-refractivity contribution < 1.29 is 18.7 Å². The molecule has 0 spiro atoms. The van der Waals surface area contributed by atoms with Crippen LogP contribution in [0.25, 0.3) is 0 Å². The molecular formula is C28H25F2N3O3S2. The van der Waals surface area contributed by atoms with Crippen LogP contribution in [0.5, 0.6) is 5.75 Å². The van der Waals surface area contributed by atoms with Crippen molar-refractivity contribution in [1.29, 1.82) is 0 Å². The molecule has 1 saturated heterocycles. The largest absolute Gasteiger partial charge is 0.502 e. The van der Waals surface area contributed by atoms with Gasteiger partial charge in [-0.1, -0.05) is 24.3 Å². The monoisotopic (exact) mass is 553 g/mol. The summed E-state index contributed by atoms with van der Waals surface area (Å²) in [6, 6.07) is 11.2. The van der Waals surface area contributed by atoms with Crippen molar-refractivity contribution in [1.82, 2.24) is 9.58 Å². The van der Waals surface area contributed by atoms with Crippen LogP contribution < -0.4 is 10.4 Å². The maximum absolute atomic E-state index is 15.3. The summed E-state index contributed by atoms with van der Waals surface area (Å²) in [5.74, 6) is -2.50. The number of aromatic nitrogens is 1. The average Bonchev–Trinajstić information content (AvgIpc) is 3.75. The predicted octanol–water partition coefficient (Wildman–Crippen LogP) is 5.01. The Morgan fingerprint density at radius 3 is 2.61 bits per heavy atom. The van der Waals surface area contributed by atoms with Crippen LogP contribution in [-0.4, -0.2) is 43.8 Å². The molecule has 6 nitrogen and oxygen atoms in total. The van der Waals surface area contributed by atoms with Gasteiger partial charge in [-0.2, -0.15) is 11.8 Å². The van der Waals surface area contributed by atoms with Crippen LogP contribution in [0.4, 0.5) is 8.78 Å². The normalized spacial score (nSPS) is 24.3. The van der Waals surface area contributed by atoms with E-state index in [1.165, 1.54) is 36.9 Å². The number of rotatable bonds is 3. The summed E-state index contributed by atoms with van der Waals surface area (Å²) >= 11 is 3.42. The fourth-order valence-electron chi connectivity index (χ4n) is 5.94. The number of halogens is 2. The second-order valence-electron chi connectivity index (χ2n) is 10.2. The lowest BCUT2D eigenvalue weighted by atomic mass is 9.92. The van der Waals surface area contributed by atoms with Crippen LogP contribution in [0.2, 0.25) is 0 Å². The third kappa shape index (κ3) is 3.75. The second-order valence-corrected chi connectivity index (χ2v) is 12.8. The first kappa shape index (κ1) is 24.1. The van der Waals surface area contributed by atoms with Gasteiger partial charge in [0.25, 0.3) is 5.91 Å². The first-order valence-electron chi connectivity index (χ1n) is 12.8. The van der Waals surface area contributed by atoms with Crippen LogP contribution in [0, 0.1) is 11.6 Å². The third-order valence-electron chi connectivity index (χ3n) is 7.88. The van der Waals surface area contributed by atoms with E-state index in [4.69, 9.17) is 0 Å². The maximum Gasteiger partial charge on any atom is 0.278 e. The summed E-state index contributed by atoms with van der Waals surface area (Å²) in [6.45, 7) is 0.487. The molecule has 1 N–H and O–H groups in total. The van der Waals surface area contributed by atoms with Crippen molar-refractivity contribution in [2.75, 3.05) is 11.6 Å². The van der Waals surface area contributed by atoms with E-state index in [-0.39, 0.29) is 17.0 Å². The number of carbonyl (C=O) groups excluding carboxylic acids is 1. The number of carbonyl (C=O) groups is 1. The zero-order valence-corrected chi connectivity index (χ0v) is 22.0. The number of fused-ring (bicyclic) bond motifs is 4. The van der Waals surface area contributed by atoms with Crippen molar-refractivity contribution in [3.05, 3.63) is 92.9 Å². The Bertz CT molecular complexity index is 1530. The summed E-state index contributed by atoms with van der Waals surface area (Å²) in [7, 11) is 0. The predicted molar refractivity (Wildman–Crippen MR) is 143 cm³/mol. The van der Waals surface area contributed by atoms with Gasteiger partial charge in [-0.3, -0.25) is 19.3 Å². The highest BCUT2D eigenvalue weighted by Gasteiger charge is 2.47. The Morgan fingerprint density at radius 1 is 0.974 bits per heavy atom. The van der Waals surface area contributed by atoms with Crippen LogP contribution in [-0.2, 0) is 5.75 Å². The number of thioether (sulfide) groups is 2. The minimum absolute atomic E-state index is 0.0967. The molecule has 3 atom stereocenters. The number of aromatic hydroxyl groups is 1. The van der Waals surface area contributed by atoms with Gasteiger partial charge in [0.1, 0.15) is 6.17 Å². The van der Waals surface area contributed by atoms with E-state index in [0.717, 1.165) is 22.9 Å². The molecule has 0 bridgehead atoms. The summed E-state index contributed by atoms with van der Waals surface area (Å²) in [5, 5.41) is 13.8. The highest BCUT2D eigenvalue weighted by atomic mass is 32.2. The Morgan fingerprint density at radius 2 is 1.79 bits per heavy atom. The molecule has 4 aliphatic rings. The molecule has 2 fully saturated rings. The standard InChI is InChI=1S/C28H25F2N3O3S2/c29-20-8-7-17-19(24(20)30)14-37-22-4-2-1-3-18(22)25(17)33-23-13-16(38-15-5-6-15)9-11-31(23)28(36)26-27(35)21(34)10-12-32(26)33/h1-4,7-8,10,12,15-16,23,25,35H,5-6,9,11,13-14H2/t16?,23-,25+/m1/s1. The Kier molecular flexibility index (Phi) is 5.74. The van der Waals surface area contributed by atoms with Crippen LogP contribution >= 0.6 is 23.5 Å². The molecule has 1 aromatic heterocycles. The molecule has 3 aromatic rings. The topological polar surface area (TPSA) is 65.8 Å². The summed E-state index contributed by atoms with van der Waals surface area (Å²) < 4.78 is 31.3. The first-order chi connectivity index (χ1) is 18.4. The van der Waals surface area contributed by atoms with Crippen LogP contribution in [0.15, 0.2) is 58.4 Å².